The number of nitrogens with zero attached hydrogens (tertiary/aromatic N) is 1. The second-order valence-corrected chi connectivity index (χ2v) is 5.11. The molecule has 1 aliphatic rings. The molecule has 2 N–H and O–H groups in total. The highest BCUT2D eigenvalue weighted by Gasteiger charge is 2.29. The van der Waals surface area contributed by atoms with Crippen LogP contribution >= 0.6 is 0 Å². The Kier molecular flexibility index (Phi) is 4.66. The van der Waals surface area contributed by atoms with Crippen molar-refractivity contribution in [1.82, 2.24) is 4.90 Å². The fourth-order valence-electron chi connectivity index (χ4n) is 2.66. The molecule has 1 unspecified atom stereocenters. The van der Waals surface area contributed by atoms with Crippen LogP contribution in [0.15, 0.2) is 18.2 Å². The SMILES string of the molecule is COc1ccc(OC)c(C(CN)N(C)C2CCC2)c1. The molecule has 0 aromatic heterocycles. The van der Waals surface area contributed by atoms with E-state index in [2.05, 4.69) is 11.9 Å². The van der Waals surface area contributed by atoms with Crippen molar-refractivity contribution in [1.29, 1.82) is 0 Å². The minimum Gasteiger partial charge on any atom is -0.497 e. The number of hydrogen-bond acceptors (Lipinski definition) is 4. The minimum atomic E-state index is 0.176. The molecule has 1 atom stereocenters. The van der Waals surface area contributed by atoms with E-state index in [-0.39, 0.29) is 6.04 Å². The van der Waals surface area contributed by atoms with Crippen molar-refractivity contribution in [2.75, 3.05) is 27.8 Å². The van der Waals surface area contributed by atoms with E-state index in [4.69, 9.17) is 15.2 Å². The summed E-state index contributed by atoms with van der Waals surface area (Å²) in [4.78, 5) is 2.38. The molecule has 1 fully saturated rings. The Hall–Kier alpha value is -1.26. The Morgan fingerprint density at radius 2 is 2.05 bits per heavy atom. The highest BCUT2D eigenvalue weighted by Crippen LogP contribution is 2.35. The van der Waals surface area contributed by atoms with Gasteiger partial charge in [-0.05, 0) is 38.1 Å². The first kappa shape index (κ1) is 14.2. The fourth-order valence-corrected chi connectivity index (χ4v) is 2.66. The zero-order valence-electron chi connectivity index (χ0n) is 12.1. The molecule has 1 aliphatic carbocycles. The molecule has 1 saturated carbocycles. The summed E-state index contributed by atoms with van der Waals surface area (Å²) in [6.07, 6.45) is 3.85. The lowest BCUT2D eigenvalue weighted by molar-refractivity contribution is 0.111. The standard InChI is InChI=1S/C15H24N2O2/c1-17(11-5-4-6-11)14(10-16)13-9-12(18-2)7-8-15(13)19-3/h7-9,11,14H,4-6,10,16H2,1-3H3. The number of hydrogen-bond donors (Lipinski definition) is 1. The zero-order chi connectivity index (χ0) is 13.8. The minimum absolute atomic E-state index is 0.176. The van der Waals surface area contributed by atoms with Crippen LogP contribution in [0, 0.1) is 0 Å². The van der Waals surface area contributed by atoms with Crippen LogP contribution in [0.1, 0.15) is 30.9 Å². The summed E-state index contributed by atoms with van der Waals surface area (Å²) in [5, 5.41) is 0. The van der Waals surface area contributed by atoms with Crippen LogP contribution in [0.4, 0.5) is 0 Å². The summed E-state index contributed by atoms with van der Waals surface area (Å²) in [5.41, 5.74) is 7.11. The Morgan fingerprint density at radius 3 is 2.53 bits per heavy atom. The average molecular weight is 264 g/mol. The number of benzene rings is 1. The molecule has 19 heavy (non-hydrogen) atoms. The van der Waals surface area contributed by atoms with E-state index in [1.807, 2.05) is 18.2 Å². The molecule has 2 rings (SSSR count). The molecule has 0 aliphatic heterocycles. The summed E-state index contributed by atoms with van der Waals surface area (Å²) in [7, 11) is 5.53. The first-order chi connectivity index (χ1) is 9.21. The summed E-state index contributed by atoms with van der Waals surface area (Å²) in [5.74, 6) is 1.72. The predicted octanol–water partition coefficient (Wildman–Crippen LogP) is 2.19. The number of rotatable bonds is 6. The van der Waals surface area contributed by atoms with Crippen molar-refractivity contribution in [2.45, 2.75) is 31.3 Å². The molecular weight excluding hydrogens is 240 g/mol. The van der Waals surface area contributed by atoms with Gasteiger partial charge in [0.05, 0.1) is 20.3 Å². The Labute approximate surface area is 115 Å². The van der Waals surface area contributed by atoms with Crippen molar-refractivity contribution in [3.63, 3.8) is 0 Å². The van der Waals surface area contributed by atoms with Gasteiger partial charge in [-0.15, -0.1) is 0 Å². The first-order valence-corrected chi connectivity index (χ1v) is 6.85. The van der Waals surface area contributed by atoms with Gasteiger partial charge in [0, 0.05) is 18.2 Å². The van der Waals surface area contributed by atoms with Crippen LogP contribution in [-0.4, -0.2) is 38.8 Å². The van der Waals surface area contributed by atoms with Crippen molar-refractivity contribution in [3.05, 3.63) is 23.8 Å². The van der Waals surface area contributed by atoms with Crippen molar-refractivity contribution in [3.8, 4) is 11.5 Å². The van der Waals surface area contributed by atoms with Gasteiger partial charge in [-0.2, -0.15) is 0 Å². The fraction of sp³-hybridized carbons (Fsp3) is 0.600. The van der Waals surface area contributed by atoms with Gasteiger partial charge >= 0.3 is 0 Å². The van der Waals surface area contributed by atoms with Gasteiger partial charge in [-0.3, -0.25) is 4.90 Å². The highest BCUT2D eigenvalue weighted by molar-refractivity contribution is 5.42. The van der Waals surface area contributed by atoms with E-state index >= 15 is 0 Å². The lowest BCUT2D eigenvalue weighted by Gasteiger charge is -2.40. The van der Waals surface area contributed by atoms with Gasteiger partial charge in [0.1, 0.15) is 11.5 Å². The lowest BCUT2D eigenvalue weighted by Crippen LogP contribution is -2.42. The molecule has 106 valence electrons. The second kappa shape index (κ2) is 6.26. The topological polar surface area (TPSA) is 47.7 Å². The van der Waals surface area contributed by atoms with Gasteiger partial charge in [-0.1, -0.05) is 6.42 Å². The molecule has 0 amide bonds. The van der Waals surface area contributed by atoms with Crippen molar-refractivity contribution in [2.24, 2.45) is 5.73 Å². The van der Waals surface area contributed by atoms with E-state index in [1.54, 1.807) is 14.2 Å². The largest absolute Gasteiger partial charge is 0.497 e. The lowest BCUT2D eigenvalue weighted by atomic mass is 9.89. The van der Waals surface area contributed by atoms with E-state index in [0.29, 0.717) is 12.6 Å². The quantitative estimate of drug-likeness (QED) is 0.855. The Bertz CT molecular complexity index is 419. The smallest absolute Gasteiger partial charge is 0.123 e. The maximum atomic E-state index is 6.00. The summed E-state index contributed by atoms with van der Waals surface area (Å²) in [6.45, 7) is 0.580. The van der Waals surface area contributed by atoms with E-state index in [1.165, 1.54) is 19.3 Å². The summed E-state index contributed by atoms with van der Waals surface area (Å²) < 4.78 is 10.8. The van der Waals surface area contributed by atoms with Gasteiger partial charge in [0.2, 0.25) is 0 Å². The number of nitrogens with two attached hydrogens (primary N) is 1. The van der Waals surface area contributed by atoms with Crippen LogP contribution in [0.3, 0.4) is 0 Å². The van der Waals surface area contributed by atoms with Gasteiger partial charge in [0.15, 0.2) is 0 Å². The predicted molar refractivity (Wildman–Crippen MR) is 76.7 cm³/mol. The summed E-state index contributed by atoms with van der Waals surface area (Å²) >= 11 is 0. The molecule has 1 aromatic carbocycles. The van der Waals surface area contributed by atoms with Crippen LogP contribution in [0.2, 0.25) is 0 Å². The zero-order valence-corrected chi connectivity index (χ0v) is 12.1. The molecule has 4 nitrogen and oxygen atoms in total. The number of methoxy groups -OCH3 is 2. The normalized spacial score (nSPS) is 17.1. The molecular formula is C15H24N2O2. The second-order valence-electron chi connectivity index (χ2n) is 5.11. The van der Waals surface area contributed by atoms with Crippen LogP contribution in [-0.2, 0) is 0 Å². The number of likely N-dealkylation sites (N-methyl/N-ethyl adjacent to an activating group) is 1. The Balaban J connectivity index is 2.29. The maximum Gasteiger partial charge on any atom is 0.123 e. The molecule has 0 spiro atoms. The third-order valence-electron chi connectivity index (χ3n) is 4.16. The highest BCUT2D eigenvalue weighted by atomic mass is 16.5. The van der Waals surface area contributed by atoms with Crippen LogP contribution in [0.25, 0.3) is 0 Å². The molecule has 0 radical (unpaired) electrons. The average Bonchev–Trinajstić information content (AvgIpc) is 2.37. The first-order valence-electron chi connectivity index (χ1n) is 6.85. The van der Waals surface area contributed by atoms with E-state index in [0.717, 1.165) is 17.1 Å². The maximum absolute atomic E-state index is 6.00. The van der Waals surface area contributed by atoms with E-state index in [9.17, 15) is 0 Å². The molecule has 0 heterocycles. The van der Waals surface area contributed by atoms with E-state index < -0.39 is 0 Å². The van der Waals surface area contributed by atoms with Gasteiger partial charge < -0.3 is 15.2 Å². The molecule has 0 saturated heterocycles. The third-order valence-corrected chi connectivity index (χ3v) is 4.16. The Morgan fingerprint density at radius 1 is 1.32 bits per heavy atom. The van der Waals surface area contributed by atoms with Crippen LogP contribution < -0.4 is 15.2 Å². The molecule has 4 heteroatoms. The van der Waals surface area contributed by atoms with Gasteiger partial charge in [0.25, 0.3) is 0 Å². The third kappa shape index (κ3) is 2.85. The summed E-state index contributed by atoms with van der Waals surface area (Å²) in [6, 6.07) is 6.72. The van der Waals surface area contributed by atoms with Gasteiger partial charge in [-0.25, -0.2) is 0 Å². The van der Waals surface area contributed by atoms with Crippen molar-refractivity contribution < 1.29 is 9.47 Å². The van der Waals surface area contributed by atoms with Crippen LogP contribution in [0.5, 0.6) is 11.5 Å². The molecule has 0 bridgehead atoms. The monoisotopic (exact) mass is 264 g/mol. The number of ether oxygens (including phenoxy) is 2. The molecule has 1 aromatic rings. The van der Waals surface area contributed by atoms with Crippen molar-refractivity contribution >= 4 is 0 Å².